The fourth-order valence-corrected chi connectivity index (χ4v) is 3.37. The normalized spacial score (nSPS) is 10.4. The van der Waals surface area contributed by atoms with Crippen LogP contribution in [0.2, 0.25) is 0 Å². The molecule has 8 heteroatoms. The minimum Gasteiger partial charge on any atom is -0.493 e. The van der Waals surface area contributed by atoms with Gasteiger partial charge in [0.05, 0.1) is 28.5 Å². The van der Waals surface area contributed by atoms with Gasteiger partial charge in [0.15, 0.2) is 11.5 Å². The molecule has 0 unspecified atom stereocenters. The first-order valence-electron chi connectivity index (χ1n) is 8.84. The predicted octanol–water partition coefficient (Wildman–Crippen LogP) is 3.91. The van der Waals surface area contributed by atoms with E-state index in [0.29, 0.717) is 22.6 Å². The van der Waals surface area contributed by atoms with Crippen molar-refractivity contribution in [1.82, 2.24) is 10.4 Å². The van der Waals surface area contributed by atoms with Gasteiger partial charge in [-0.05, 0) is 58.5 Å². The number of ether oxygens (including phenoxy) is 2. The van der Waals surface area contributed by atoms with E-state index in [-0.39, 0.29) is 12.5 Å². The Hall–Kier alpha value is -3.45. The summed E-state index contributed by atoms with van der Waals surface area (Å²) in [4.78, 5) is 15.9. The highest BCUT2D eigenvalue weighted by Gasteiger charge is 2.12. The van der Waals surface area contributed by atoms with Crippen molar-refractivity contribution in [1.29, 1.82) is 5.26 Å². The molecule has 0 aliphatic carbocycles. The molecular weight excluding hydrogens is 495 g/mol. The van der Waals surface area contributed by atoms with Crippen molar-refractivity contribution >= 4 is 34.7 Å². The summed E-state index contributed by atoms with van der Waals surface area (Å²) in [5.41, 5.74) is 5.04. The van der Waals surface area contributed by atoms with Crippen LogP contribution in [-0.2, 0) is 6.61 Å². The quantitative estimate of drug-likeness (QED) is 0.294. The number of aromatic nitrogens is 1. The lowest BCUT2D eigenvalue weighted by atomic mass is 10.1. The largest absolute Gasteiger partial charge is 0.493 e. The Balaban J connectivity index is 1.72. The molecule has 1 N–H and O–H groups in total. The number of nitrogens with zero attached hydrogens (tertiary/aromatic N) is 3. The van der Waals surface area contributed by atoms with Crippen molar-refractivity contribution in [3.8, 4) is 17.6 Å². The summed E-state index contributed by atoms with van der Waals surface area (Å²) in [6, 6.07) is 16.3. The number of benzene rings is 2. The zero-order valence-electron chi connectivity index (χ0n) is 16.0. The van der Waals surface area contributed by atoms with Crippen molar-refractivity contribution in [3.63, 3.8) is 0 Å². The van der Waals surface area contributed by atoms with Gasteiger partial charge in [0.1, 0.15) is 6.61 Å². The van der Waals surface area contributed by atoms with Crippen molar-refractivity contribution in [3.05, 3.63) is 86.7 Å². The number of pyridine rings is 1. The molecule has 1 heterocycles. The summed E-state index contributed by atoms with van der Waals surface area (Å²) in [7, 11) is 1.55. The number of nitriles is 1. The monoisotopic (exact) mass is 512 g/mol. The summed E-state index contributed by atoms with van der Waals surface area (Å²) in [6.45, 7) is 0.242. The zero-order chi connectivity index (χ0) is 21.3. The molecule has 3 rings (SSSR count). The van der Waals surface area contributed by atoms with Crippen LogP contribution in [0.1, 0.15) is 27.0 Å². The molecule has 1 aromatic heterocycles. The SMILES string of the molecule is COc1cc(C=NNC(=O)c2ccncc2)cc(I)c1OCc1ccccc1C#N. The molecule has 0 fully saturated rings. The van der Waals surface area contributed by atoms with E-state index < -0.39 is 0 Å². The van der Waals surface area contributed by atoms with Gasteiger partial charge in [-0.3, -0.25) is 9.78 Å². The predicted molar refractivity (Wildman–Crippen MR) is 120 cm³/mol. The molecular formula is C22H17IN4O3. The number of hydrogen-bond acceptors (Lipinski definition) is 6. The van der Waals surface area contributed by atoms with Crippen LogP contribution in [-0.4, -0.2) is 24.2 Å². The summed E-state index contributed by atoms with van der Waals surface area (Å²) < 4.78 is 12.2. The zero-order valence-corrected chi connectivity index (χ0v) is 18.2. The molecule has 30 heavy (non-hydrogen) atoms. The smallest absolute Gasteiger partial charge is 0.271 e. The molecule has 0 radical (unpaired) electrons. The Bertz CT molecular complexity index is 1110. The van der Waals surface area contributed by atoms with Crippen LogP contribution in [0.25, 0.3) is 0 Å². The number of halogens is 1. The molecule has 2 aromatic carbocycles. The summed E-state index contributed by atoms with van der Waals surface area (Å²) in [5.74, 6) is 0.772. The Morgan fingerprint density at radius 1 is 1.27 bits per heavy atom. The van der Waals surface area contributed by atoms with Gasteiger partial charge < -0.3 is 9.47 Å². The van der Waals surface area contributed by atoms with E-state index in [9.17, 15) is 10.1 Å². The number of rotatable bonds is 7. The van der Waals surface area contributed by atoms with E-state index in [1.165, 1.54) is 6.21 Å². The number of hydrazone groups is 1. The molecule has 3 aromatic rings. The number of methoxy groups -OCH3 is 1. The van der Waals surface area contributed by atoms with Crippen molar-refractivity contribution in [2.24, 2.45) is 5.10 Å². The third-order valence-electron chi connectivity index (χ3n) is 4.08. The fraction of sp³-hybridized carbons (Fsp3) is 0.0909. The van der Waals surface area contributed by atoms with Gasteiger partial charge in [0.25, 0.3) is 5.91 Å². The van der Waals surface area contributed by atoms with Gasteiger partial charge in [0, 0.05) is 23.5 Å². The third kappa shape index (κ3) is 5.33. The standard InChI is InChI=1S/C22H17IN4O3/c1-29-20-11-15(13-26-27-22(28)16-6-8-25-9-7-16)10-19(23)21(20)30-14-18-5-3-2-4-17(18)12-24/h2-11,13H,14H2,1H3,(H,27,28). The molecule has 0 bridgehead atoms. The van der Waals surface area contributed by atoms with Crippen LogP contribution in [0, 0.1) is 14.9 Å². The number of amides is 1. The van der Waals surface area contributed by atoms with Crippen LogP contribution in [0.4, 0.5) is 0 Å². The van der Waals surface area contributed by atoms with E-state index in [0.717, 1.165) is 14.7 Å². The second-order valence-electron chi connectivity index (χ2n) is 6.03. The van der Waals surface area contributed by atoms with E-state index in [1.54, 1.807) is 43.8 Å². The van der Waals surface area contributed by atoms with Crippen molar-refractivity contribution < 1.29 is 14.3 Å². The Kier molecular flexibility index (Phi) is 7.34. The summed E-state index contributed by atoms with van der Waals surface area (Å²) in [6.07, 6.45) is 4.61. The molecule has 0 atom stereocenters. The molecule has 7 nitrogen and oxygen atoms in total. The first-order chi connectivity index (χ1) is 14.6. The van der Waals surface area contributed by atoms with Crippen LogP contribution in [0.3, 0.4) is 0 Å². The van der Waals surface area contributed by atoms with Gasteiger partial charge in [0.2, 0.25) is 0 Å². The molecule has 0 aliphatic rings. The minimum absolute atomic E-state index is 0.242. The molecule has 0 saturated carbocycles. The lowest BCUT2D eigenvalue weighted by Gasteiger charge is -2.14. The van der Waals surface area contributed by atoms with Crippen LogP contribution < -0.4 is 14.9 Å². The first-order valence-corrected chi connectivity index (χ1v) is 9.92. The molecule has 0 spiro atoms. The van der Waals surface area contributed by atoms with Crippen molar-refractivity contribution in [2.45, 2.75) is 6.61 Å². The summed E-state index contributed by atoms with van der Waals surface area (Å²) in [5, 5.41) is 13.2. The summed E-state index contributed by atoms with van der Waals surface area (Å²) >= 11 is 2.14. The van der Waals surface area contributed by atoms with E-state index >= 15 is 0 Å². The number of carbonyl (C=O) groups is 1. The van der Waals surface area contributed by atoms with Gasteiger partial charge in [-0.15, -0.1) is 0 Å². The van der Waals surface area contributed by atoms with Gasteiger partial charge in [-0.25, -0.2) is 5.43 Å². The van der Waals surface area contributed by atoms with E-state index in [2.05, 4.69) is 44.2 Å². The first kappa shape index (κ1) is 21.3. The van der Waals surface area contributed by atoms with Crippen molar-refractivity contribution in [2.75, 3.05) is 7.11 Å². The number of nitrogens with one attached hydrogen (secondary N) is 1. The highest BCUT2D eigenvalue weighted by Crippen LogP contribution is 2.34. The van der Waals surface area contributed by atoms with E-state index in [4.69, 9.17) is 9.47 Å². The van der Waals surface area contributed by atoms with Crippen LogP contribution >= 0.6 is 22.6 Å². The van der Waals surface area contributed by atoms with Gasteiger partial charge in [-0.2, -0.15) is 10.4 Å². The highest BCUT2D eigenvalue weighted by atomic mass is 127. The third-order valence-corrected chi connectivity index (χ3v) is 4.89. The Morgan fingerprint density at radius 3 is 2.77 bits per heavy atom. The minimum atomic E-state index is -0.327. The molecule has 1 amide bonds. The maximum Gasteiger partial charge on any atom is 0.271 e. The second-order valence-corrected chi connectivity index (χ2v) is 7.19. The average Bonchev–Trinajstić information content (AvgIpc) is 2.78. The maximum atomic E-state index is 12.0. The average molecular weight is 512 g/mol. The Labute approximate surface area is 187 Å². The molecule has 0 aliphatic heterocycles. The van der Waals surface area contributed by atoms with E-state index in [1.807, 2.05) is 24.3 Å². The second kappa shape index (κ2) is 10.4. The Morgan fingerprint density at radius 2 is 2.03 bits per heavy atom. The number of carbonyl (C=O) groups excluding carboxylic acids is 1. The van der Waals surface area contributed by atoms with Crippen LogP contribution in [0.15, 0.2) is 66.0 Å². The van der Waals surface area contributed by atoms with Gasteiger partial charge in [-0.1, -0.05) is 18.2 Å². The topological polar surface area (TPSA) is 96.6 Å². The van der Waals surface area contributed by atoms with Gasteiger partial charge >= 0.3 is 0 Å². The fourth-order valence-electron chi connectivity index (χ4n) is 2.59. The molecule has 150 valence electrons. The lowest BCUT2D eigenvalue weighted by molar-refractivity contribution is 0.0955. The lowest BCUT2D eigenvalue weighted by Crippen LogP contribution is -2.17. The number of hydrogen-bond donors (Lipinski definition) is 1. The molecule has 0 saturated heterocycles. The maximum absolute atomic E-state index is 12.0. The highest BCUT2D eigenvalue weighted by molar-refractivity contribution is 14.1. The van der Waals surface area contributed by atoms with Crippen LogP contribution in [0.5, 0.6) is 11.5 Å².